The van der Waals surface area contributed by atoms with Gasteiger partial charge in [-0.15, -0.1) is 0 Å². The molecule has 1 fully saturated rings. The second-order valence-corrected chi connectivity index (χ2v) is 9.46. The van der Waals surface area contributed by atoms with Crippen molar-refractivity contribution in [1.29, 1.82) is 0 Å². The van der Waals surface area contributed by atoms with Crippen LogP contribution >= 0.6 is 0 Å². The molecule has 188 valence electrons. The maximum atomic E-state index is 13.6. The summed E-state index contributed by atoms with van der Waals surface area (Å²) in [5, 5.41) is 22.5. The van der Waals surface area contributed by atoms with Crippen LogP contribution in [0.3, 0.4) is 0 Å². The van der Waals surface area contributed by atoms with Crippen molar-refractivity contribution in [3.8, 4) is 0 Å². The van der Waals surface area contributed by atoms with Gasteiger partial charge in [0.1, 0.15) is 17.7 Å². The van der Waals surface area contributed by atoms with Gasteiger partial charge in [0.25, 0.3) is 0 Å². The van der Waals surface area contributed by atoms with Gasteiger partial charge in [-0.05, 0) is 73.5 Å². The molecule has 4 heterocycles. The smallest absolute Gasteiger partial charge is 0.306 e. The first-order valence-electron chi connectivity index (χ1n) is 12.3. The van der Waals surface area contributed by atoms with Crippen molar-refractivity contribution < 1.29 is 14.3 Å². The number of hydrogen-bond acceptors (Lipinski definition) is 6. The van der Waals surface area contributed by atoms with E-state index in [1.54, 1.807) is 12.3 Å². The molecule has 37 heavy (non-hydrogen) atoms. The number of fused-ring (bicyclic) bond motifs is 2. The van der Waals surface area contributed by atoms with Crippen molar-refractivity contribution in [2.45, 2.75) is 25.9 Å². The predicted octanol–water partition coefficient (Wildman–Crippen LogP) is 4.31. The van der Waals surface area contributed by atoms with E-state index in [0.29, 0.717) is 31.7 Å². The standard InChI is InChI=1S/C27H26FN7O2/c28-22-3-1-2-18(12-22)15-35-24-5-4-23(13-21(24)14-30-35)32-26-25-20(8-11-34(25)31-17-29-26)16-33-9-6-19(7-10-33)27(36)37/h1-5,8,11-14,17,19H,6-7,9-10,15-16H2,(H,36,37)(H,29,31,32). The SMILES string of the molecule is O=C(O)C1CCN(Cc2ccn3ncnc(Nc4ccc5c(cnn5Cc5cccc(F)c5)c4)c23)CC1. The summed E-state index contributed by atoms with van der Waals surface area (Å²) in [6.07, 6.45) is 6.57. The number of benzene rings is 2. The Hall–Kier alpha value is -4.31. The highest BCUT2D eigenvalue weighted by atomic mass is 19.1. The summed E-state index contributed by atoms with van der Waals surface area (Å²) < 4.78 is 17.3. The molecule has 0 bridgehead atoms. The summed E-state index contributed by atoms with van der Waals surface area (Å²) in [5.74, 6) is -0.519. The minimum atomic E-state index is -0.703. The van der Waals surface area contributed by atoms with Crippen LogP contribution in [0.2, 0.25) is 0 Å². The molecule has 0 unspecified atom stereocenters. The van der Waals surface area contributed by atoms with Crippen LogP contribution in [-0.2, 0) is 17.9 Å². The van der Waals surface area contributed by atoms with E-state index < -0.39 is 5.97 Å². The summed E-state index contributed by atoms with van der Waals surface area (Å²) >= 11 is 0. The Morgan fingerprint density at radius 3 is 2.76 bits per heavy atom. The number of likely N-dealkylation sites (tertiary alicyclic amines) is 1. The molecule has 0 radical (unpaired) electrons. The van der Waals surface area contributed by atoms with Gasteiger partial charge in [0, 0.05) is 23.8 Å². The van der Waals surface area contributed by atoms with E-state index in [9.17, 15) is 14.3 Å². The molecule has 1 aliphatic heterocycles. The van der Waals surface area contributed by atoms with Crippen molar-refractivity contribution in [3.05, 3.63) is 84.2 Å². The monoisotopic (exact) mass is 499 g/mol. The molecule has 1 saturated heterocycles. The number of rotatable bonds is 7. The minimum Gasteiger partial charge on any atom is -0.481 e. The van der Waals surface area contributed by atoms with Crippen molar-refractivity contribution in [2.75, 3.05) is 18.4 Å². The molecule has 0 saturated carbocycles. The molecule has 6 rings (SSSR count). The molecule has 3 aromatic heterocycles. The molecular formula is C27H26FN7O2. The quantitative estimate of drug-likeness (QED) is 0.344. The number of piperidine rings is 1. The number of aliphatic carboxylic acids is 1. The van der Waals surface area contributed by atoms with E-state index in [1.165, 1.54) is 18.5 Å². The maximum Gasteiger partial charge on any atom is 0.306 e. The molecule has 2 aromatic carbocycles. The lowest BCUT2D eigenvalue weighted by molar-refractivity contribution is -0.143. The third kappa shape index (κ3) is 4.75. The largest absolute Gasteiger partial charge is 0.481 e. The summed E-state index contributed by atoms with van der Waals surface area (Å²) in [6.45, 7) is 2.69. The lowest BCUT2D eigenvalue weighted by atomic mass is 9.97. The summed E-state index contributed by atoms with van der Waals surface area (Å²) in [5.41, 5.74) is 4.65. The Labute approximate surface area is 212 Å². The van der Waals surface area contributed by atoms with Crippen LogP contribution in [0.15, 0.2) is 67.3 Å². The summed E-state index contributed by atoms with van der Waals surface area (Å²) in [7, 11) is 0. The molecular weight excluding hydrogens is 473 g/mol. The number of nitrogens with one attached hydrogen (secondary N) is 1. The molecule has 1 aliphatic rings. The summed E-state index contributed by atoms with van der Waals surface area (Å²) in [6, 6.07) is 14.6. The second kappa shape index (κ2) is 9.62. The highest BCUT2D eigenvalue weighted by molar-refractivity contribution is 5.85. The third-order valence-electron chi connectivity index (χ3n) is 6.99. The fraction of sp³-hybridized carbons (Fsp3) is 0.259. The Balaban J connectivity index is 1.22. The van der Waals surface area contributed by atoms with Crippen molar-refractivity contribution >= 4 is 33.9 Å². The van der Waals surface area contributed by atoms with Crippen LogP contribution in [0.25, 0.3) is 16.4 Å². The molecule has 0 atom stereocenters. The van der Waals surface area contributed by atoms with Gasteiger partial charge in [-0.3, -0.25) is 14.4 Å². The van der Waals surface area contributed by atoms with Gasteiger partial charge >= 0.3 is 5.97 Å². The molecule has 0 spiro atoms. The zero-order valence-electron chi connectivity index (χ0n) is 20.1. The normalized spacial score (nSPS) is 14.9. The van der Waals surface area contributed by atoms with E-state index >= 15 is 0 Å². The zero-order chi connectivity index (χ0) is 25.4. The number of anilines is 2. The van der Waals surface area contributed by atoms with Crippen LogP contribution in [-0.4, -0.2) is 53.4 Å². The average molecular weight is 500 g/mol. The Kier molecular flexibility index (Phi) is 6.01. The maximum absolute atomic E-state index is 13.6. The number of carboxylic acids is 1. The highest BCUT2D eigenvalue weighted by Crippen LogP contribution is 2.28. The lowest BCUT2D eigenvalue weighted by Crippen LogP contribution is -2.35. The van der Waals surface area contributed by atoms with Gasteiger partial charge in [-0.25, -0.2) is 13.9 Å². The minimum absolute atomic E-state index is 0.254. The van der Waals surface area contributed by atoms with Crippen molar-refractivity contribution in [1.82, 2.24) is 29.3 Å². The Bertz CT molecular complexity index is 1590. The number of carbonyl (C=O) groups is 1. The lowest BCUT2D eigenvalue weighted by Gasteiger charge is -2.29. The second-order valence-electron chi connectivity index (χ2n) is 9.46. The van der Waals surface area contributed by atoms with Gasteiger partial charge < -0.3 is 10.4 Å². The van der Waals surface area contributed by atoms with Crippen molar-refractivity contribution in [2.24, 2.45) is 5.92 Å². The topological polar surface area (TPSA) is 101 Å². The molecule has 10 heteroatoms. The van der Waals surface area contributed by atoms with E-state index in [1.807, 2.05) is 45.7 Å². The van der Waals surface area contributed by atoms with Gasteiger partial charge in [0.15, 0.2) is 5.82 Å². The van der Waals surface area contributed by atoms with Crippen molar-refractivity contribution in [3.63, 3.8) is 0 Å². The fourth-order valence-corrected chi connectivity index (χ4v) is 5.05. The fourth-order valence-electron chi connectivity index (χ4n) is 5.05. The Morgan fingerprint density at radius 2 is 1.95 bits per heavy atom. The highest BCUT2D eigenvalue weighted by Gasteiger charge is 2.25. The van der Waals surface area contributed by atoms with Crippen LogP contribution < -0.4 is 5.32 Å². The number of nitrogens with zero attached hydrogens (tertiary/aromatic N) is 6. The first-order valence-corrected chi connectivity index (χ1v) is 12.3. The average Bonchev–Trinajstić information content (AvgIpc) is 3.49. The van der Waals surface area contributed by atoms with Gasteiger partial charge in [0.2, 0.25) is 0 Å². The number of halogens is 1. The summed E-state index contributed by atoms with van der Waals surface area (Å²) in [4.78, 5) is 18.1. The predicted molar refractivity (Wildman–Crippen MR) is 137 cm³/mol. The van der Waals surface area contributed by atoms with Gasteiger partial charge in [-0.2, -0.15) is 10.2 Å². The first kappa shape index (κ1) is 23.1. The first-order chi connectivity index (χ1) is 18.0. The number of hydrogen-bond donors (Lipinski definition) is 2. The van der Waals surface area contributed by atoms with E-state index in [-0.39, 0.29) is 11.7 Å². The molecule has 9 nitrogen and oxygen atoms in total. The van der Waals surface area contributed by atoms with Crippen LogP contribution in [0.1, 0.15) is 24.0 Å². The van der Waals surface area contributed by atoms with Crippen LogP contribution in [0, 0.1) is 11.7 Å². The van der Waals surface area contributed by atoms with Crippen LogP contribution in [0.4, 0.5) is 15.9 Å². The zero-order valence-corrected chi connectivity index (χ0v) is 20.1. The number of aromatic nitrogens is 5. The third-order valence-corrected chi connectivity index (χ3v) is 6.99. The number of carboxylic acid groups (broad SMARTS) is 1. The molecule has 5 aromatic rings. The van der Waals surface area contributed by atoms with Gasteiger partial charge in [0.05, 0.1) is 24.2 Å². The molecule has 2 N–H and O–H groups in total. The Morgan fingerprint density at radius 1 is 1.08 bits per heavy atom. The van der Waals surface area contributed by atoms with E-state index in [2.05, 4.69) is 25.4 Å². The van der Waals surface area contributed by atoms with E-state index in [4.69, 9.17) is 0 Å². The molecule has 0 amide bonds. The van der Waals surface area contributed by atoms with Gasteiger partial charge in [-0.1, -0.05) is 12.1 Å². The van der Waals surface area contributed by atoms with E-state index in [0.717, 1.165) is 46.3 Å². The molecule has 0 aliphatic carbocycles. The van der Waals surface area contributed by atoms with Crippen LogP contribution in [0.5, 0.6) is 0 Å².